The van der Waals surface area contributed by atoms with E-state index in [0.29, 0.717) is 12.0 Å². The molecule has 1 aliphatic heterocycles. The maximum atomic E-state index is 13.6. The number of aliphatic carboxylic acids is 1. The molecule has 2 aromatic rings. The summed E-state index contributed by atoms with van der Waals surface area (Å²) >= 11 is 0. The van der Waals surface area contributed by atoms with E-state index in [9.17, 15) is 28.7 Å². The Kier molecular flexibility index (Phi) is 7.22. The molecular weight excluding hydrogens is 429 g/mol. The fourth-order valence-corrected chi connectivity index (χ4v) is 3.54. The fraction of sp³-hybridized carbons (Fsp3) is 0.250. The first-order chi connectivity index (χ1) is 15.6. The maximum absolute atomic E-state index is 13.6. The summed E-state index contributed by atoms with van der Waals surface area (Å²) in [6.45, 7) is 1.87. The predicted molar refractivity (Wildman–Crippen MR) is 118 cm³/mol. The lowest BCUT2D eigenvalue weighted by Crippen LogP contribution is -2.55. The molecule has 8 nitrogen and oxygen atoms in total. The van der Waals surface area contributed by atoms with Gasteiger partial charge >= 0.3 is 12.0 Å². The zero-order chi connectivity index (χ0) is 24.1. The van der Waals surface area contributed by atoms with E-state index >= 15 is 0 Å². The first-order valence-electron chi connectivity index (χ1n) is 10.3. The van der Waals surface area contributed by atoms with Gasteiger partial charge in [-0.15, -0.1) is 0 Å². The summed E-state index contributed by atoms with van der Waals surface area (Å²) in [7, 11) is 1.46. The van der Waals surface area contributed by atoms with Crippen molar-refractivity contribution in [2.24, 2.45) is 0 Å². The Morgan fingerprint density at radius 3 is 2.67 bits per heavy atom. The Morgan fingerprint density at radius 1 is 1.18 bits per heavy atom. The summed E-state index contributed by atoms with van der Waals surface area (Å²) in [6.07, 6.45) is 2.49. The van der Waals surface area contributed by atoms with Gasteiger partial charge in [0.1, 0.15) is 5.82 Å². The van der Waals surface area contributed by atoms with Crippen LogP contribution < -0.4 is 10.6 Å². The number of likely N-dealkylation sites (N-methyl/N-ethyl adjacent to an activating group) is 1. The molecule has 3 N–H and O–H groups in total. The number of urea groups is 1. The molecule has 1 heterocycles. The maximum Gasteiger partial charge on any atom is 0.316 e. The van der Waals surface area contributed by atoms with Crippen molar-refractivity contribution in [2.45, 2.75) is 31.8 Å². The van der Waals surface area contributed by atoms with E-state index in [2.05, 4.69) is 10.6 Å². The van der Waals surface area contributed by atoms with Crippen LogP contribution in [0.4, 0.5) is 9.18 Å². The molecule has 3 amide bonds. The van der Waals surface area contributed by atoms with Gasteiger partial charge in [0, 0.05) is 19.3 Å². The Balaban J connectivity index is 1.78. The molecule has 0 fully saturated rings. The number of hydrogen-bond acceptors (Lipinski definition) is 4. The Morgan fingerprint density at radius 2 is 1.94 bits per heavy atom. The van der Waals surface area contributed by atoms with E-state index in [1.54, 1.807) is 24.3 Å². The van der Waals surface area contributed by atoms with E-state index in [1.807, 2.05) is 13.0 Å². The highest BCUT2D eigenvalue weighted by atomic mass is 19.1. The number of halogens is 1. The molecule has 2 aromatic carbocycles. The Bertz CT molecular complexity index is 1130. The minimum absolute atomic E-state index is 0.346. The van der Waals surface area contributed by atoms with Crippen LogP contribution in [-0.2, 0) is 20.8 Å². The van der Waals surface area contributed by atoms with Gasteiger partial charge in [-0.2, -0.15) is 0 Å². The standard InChI is InChI=1S/C24H24FN3O5/c1-14-6-7-18(25)12-17(14)11-15-4-3-5-16(10-15)19(13-21(30)31)26-24(33)27-22-20(29)8-9-28(2)23(22)32/h3-10,12,19,22H,11,13H2,1-2H3,(H,30,31)(H2,26,27,33)/t19-,22?/m0/s1. The number of nitrogens with zero attached hydrogens (tertiary/aromatic N) is 1. The van der Waals surface area contributed by atoms with Gasteiger partial charge in [-0.05, 0) is 47.7 Å². The fourth-order valence-electron chi connectivity index (χ4n) is 3.54. The Hall–Kier alpha value is -4.01. The molecular formula is C24H24FN3O5. The van der Waals surface area contributed by atoms with E-state index in [-0.39, 0.29) is 5.82 Å². The normalized spacial score (nSPS) is 16.5. The zero-order valence-corrected chi connectivity index (χ0v) is 18.2. The van der Waals surface area contributed by atoms with Crippen molar-refractivity contribution in [2.75, 3.05) is 7.05 Å². The van der Waals surface area contributed by atoms with Crippen molar-refractivity contribution in [3.8, 4) is 0 Å². The van der Waals surface area contributed by atoms with Crippen molar-refractivity contribution in [1.29, 1.82) is 0 Å². The molecule has 0 bridgehead atoms. The van der Waals surface area contributed by atoms with Gasteiger partial charge in [0.05, 0.1) is 12.5 Å². The average Bonchev–Trinajstić information content (AvgIpc) is 2.76. The molecule has 0 aromatic heterocycles. The van der Waals surface area contributed by atoms with Crippen molar-refractivity contribution in [1.82, 2.24) is 15.5 Å². The number of carbonyl (C=O) groups excluding carboxylic acids is 3. The quantitative estimate of drug-likeness (QED) is 0.557. The van der Waals surface area contributed by atoms with Crippen molar-refractivity contribution >= 4 is 23.7 Å². The van der Waals surface area contributed by atoms with E-state index in [1.165, 1.54) is 36.4 Å². The van der Waals surface area contributed by atoms with Gasteiger partial charge in [-0.25, -0.2) is 9.18 Å². The second-order valence-electron chi connectivity index (χ2n) is 7.86. The molecule has 33 heavy (non-hydrogen) atoms. The number of amides is 3. The number of benzene rings is 2. The summed E-state index contributed by atoms with van der Waals surface area (Å²) in [4.78, 5) is 49.3. The van der Waals surface area contributed by atoms with Gasteiger partial charge in [-0.3, -0.25) is 14.4 Å². The highest BCUT2D eigenvalue weighted by molar-refractivity contribution is 6.14. The number of ketones is 1. The second-order valence-corrected chi connectivity index (χ2v) is 7.86. The van der Waals surface area contributed by atoms with Crippen LogP contribution in [0.2, 0.25) is 0 Å². The summed E-state index contributed by atoms with van der Waals surface area (Å²) in [6, 6.07) is 8.34. The van der Waals surface area contributed by atoms with Gasteiger partial charge in [0.15, 0.2) is 11.8 Å². The summed E-state index contributed by atoms with van der Waals surface area (Å²) < 4.78 is 13.6. The lowest BCUT2D eigenvalue weighted by atomic mass is 9.96. The van der Waals surface area contributed by atoms with Crippen LogP contribution in [0.3, 0.4) is 0 Å². The molecule has 0 radical (unpaired) electrons. The lowest BCUT2D eigenvalue weighted by molar-refractivity contribution is -0.138. The predicted octanol–water partition coefficient (Wildman–Crippen LogP) is 2.46. The smallest absolute Gasteiger partial charge is 0.316 e. The number of rotatable bonds is 7. The van der Waals surface area contributed by atoms with Gasteiger partial charge in [0.2, 0.25) is 0 Å². The van der Waals surface area contributed by atoms with Crippen molar-refractivity contribution < 1.29 is 28.7 Å². The first kappa shape index (κ1) is 23.6. The SMILES string of the molecule is Cc1ccc(F)cc1Cc1cccc([C@H](CC(=O)O)NC(=O)NC2C(=O)C=CN(C)C2=O)c1. The van der Waals surface area contributed by atoms with Gasteiger partial charge < -0.3 is 20.6 Å². The van der Waals surface area contributed by atoms with Gasteiger partial charge in [-0.1, -0.05) is 30.3 Å². The van der Waals surface area contributed by atoms with E-state index in [4.69, 9.17) is 0 Å². The minimum atomic E-state index is -1.38. The highest BCUT2D eigenvalue weighted by Gasteiger charge is 2.32. The molecule has 1 unspecified atom stereocenters. The van der Waals surface area contributed by atoms with Crippen LogP contribution in [0.5, 0.6) is 0 Å². The number of carbonyl (C=O) groups is 4. The monoisotopic (exact) mass is 453 g/mol. The van der Waals surface area contributed by atoms with E-state index < -0.39 is 42.2 Å². The molecule has 0 aliphatic carbocycles. The third-order valence-corrected chi connectivity index (χ3v) is 5.36. The van der Waals surface area contributed by atoms with Crippen LogP contribution in [0.15, 0.2) is 54.7 Å². The number of carboxylic acid groups (broad SMARTS) is 1. The number of carboxylic acids is 1. The number of aryl methyl sites for hydroxylation is 1. The van der Waals surface area contributed by atoms with Crippen LogP contribution in [0, 0.1) is 12.7 Å². The summed E-state index contributed by atoms with van der Waals surface area (Å²) in [5, 5.41) is 14.2. The van der Waals surface area contributed by atoms with Crippen molar-refractivity contribution in [3.63, 3.8) is 0 Å². The second kappa shape index (κ2) is 10.1. The number of hydrogen-bond donors (Lipinski definition) is 3. The third kappa shape index (κ3) is 6.03. The third-order valence-electron chi connectivity index (χ3n) is 5.36. The average molecular weight is 453 g/mol. The van der Waals surface area contributed by atoms with Crippen molar-refractivity contribution in [3.05, 3.63) is 82.8 Å². The van der Waals surface area contributed by atoms with E-state index in [0.717, 1.165) is 16.7 Å². The largest absolute Gasteiger partial charge is 0.481 e. The lowest BCUT2D eigenvalue weighted by Gasteiger charge is -2.25. The topological polar surface area (TPSA) is 116 Å². The summed E-state index contributed by atoms with van der Waals surface area (Å²) in [5.74, 6) is -2.66. The zero-order valence-electron chi connectivity index (χ0n) is 18.2. The van der Waals surface area contributed by atoms with Crippen LogP contribution in [0.1, 0.15) is 34.7 Å². The molecule has 2 atom stereocenters. The van der Waals surface area contributed by atoms with Crippen LogP contribution >= 0.6 is 0 Å². The molecule has 1 aliphatic rings. The van der Waals surface area contributed by atoms with Crippen LogP contribution in [0.25, 0.3) is 0 Å². The Labute approximate surface area is 190 Å². The first-order valence-corrected chi connectivity index (χ1v) is 10.3. The highest BCUT2D eigenvalue weighted by Crippen LogP contribution is 2.22. The molecule has 0 saturated heterocycles. The van der Waals surface area contributed by atoms with Gasteiger partial charge in [0.25, 0.3) is 5.91 Å². The number of nitrogens with one attached hydrogen (secondary N) is 2. The molecule has 172 valence electrons. The molecule has 3 rings (SSSR count). The molecule has 9 heteroatoms. The minimum Gasteiger partial charge on any atom is -0.481 e. The molecule has 0 saturated carbocycles. The molecule has 0 spiro atoms. The summed E-state index contributed by atoms with van der Waals surface area (Å²) in [5.41, 5.74) is 3.04. The van der Waals surface area contributed by atoms with Crippen LogP contribution in [-0.4, -0.2) is 46.8 Å².